The van der Waals surface area contributed by atoms with Crippen LogP contribution in [0.15, 0.2) is 108 Å². The summed E-state index contributed by atoms with van der Waals surface area (Å²) in [4.78, 5) is 0.348. The fourth-order valence-electron chi connectivity index (χ4n) is 6.20. The van der Waals surface area contributed by atoms with E-state index in [-0.39, 0.29) is 0 Å². The van der Waals surface area contributed by atoms with Crippen molar-refractivity contribution in [3.05, 3.63) is 125 Å². The summed E-state index contributed by atoms with van der Waals surface area (Å²) >= 11 is 3.82. The van der Waals surface area contributed by atoms with Crippen LogP contribution in [0.4, 0.5) is 0 Å². The highest BCUT2D eigenvalue weighted by atomic mass is 79.9. The summed E-state index contributed by atoms with van der Waals surface area (Å²) in [5.74, 6) is 0. The number of alkyl halides is 1. The molecule has 0 saturated carbocycles. The number of rotatable bonds is 13. The lowest BCUT2D eigenvalue weighted by Crippen LogP contribution is -2.47. The van der Waals surface area contributed by atoms with E-state index in [0.717, 1.165) is 69.5 Å². The summed E-state index contributed by atoms with van der Waals surface area (Å²) in [5, 5.41) is 4.19. The van der Waals surface area contributed by atoms with Gasteiger partial charge in [-0.15, -0.1) is 0 Å². The second kappa shape index (κ2) is 13.7. The van der Waals surface area contributed by atoms with Gasteiger partial charge in [-0.25, -0.2) is 8.42 Å². The Bertz CT molecular complexity index is 1790. The largest absolute Gasteiger partial charge is 0.311 e. The maximum Gasteiger partial charge on any atom is 0.243 e. The van der Waals surface area contributed by atoms with Gasteiger partial charge in [0.15, 0.2) is 0 Å². The van der Waals surface area contributed by atoms with Crippen molar-refractivity contribution in [2.24, 2.45) is 0 Å². The van der Waals surface area contributed by atoms with E-state index in [0.29, 0.717) is 18.0 Å². The molecular weight excluding hydrogens is 616 g/mol. The molecule has 0 aromatic heterocycles. The van der Waals surface area contributed by atoms with E-state index in [2.05, 4.69) is 79.2 Å². The molecule has 0 N–H and O–H groups in total. The van der Waals surface area contributed by atoms with E-state index in [1.54, 1.807) is 10.4 Å². The molecule has 0 aliphatic carbocycles. The van der Waals surface area contributed by atoms with E-state index in [4.69, 9.17) is 0 Å². The molecule has 0 bridgehead atoms. The third-order valence-electron chi connectivity index (χ3n) is 8.60. The molecule has 5 aromatic carbocycles. The minimum Gasteiger partial charge on any atom is -0.311 e. The van der Waals surface area contributed by atoms with Gasteiger partial charge in [-0.1, -0.05) is 102 Å². The highest BCUT2D eigenvalue weighted by Crippen LogP contribution is 2.27. The molecule has 4 nitrogen and oxygen atoms in total. The predicted octanol–water partition coefficient (Wildman–Crippen LogP) is 8.97. The van der Waals surface area contributed by atoms with Gasteiger partial charge in [-0.05, 0) is 88.8 Å². The lowest BCUT2D eigenvalue weighted by atomic mass is 10.0. The first-order valence-corrected chi connectivity index (χ1v) is 17.7. The number of aryl methyl sites for hydroxylation is 2. The topological polar surface area (TPSA) is 37.4 Å². The van der Waals surface area contributed by atoms with Gasteiger partial charge >= 0.3 is 0 Å². The molecule has 0 spiro atoms. The van der Waals surface area contributed by atoms with Gasteiger partial charge in [0.2, 0.25) is 10.0 Å². The normalized spacial score (nSPS) is 13.5. The van der Waals surface area contributed by atoms with Crippen molar-refractivity contribution in [1.29, 1.82) is 0 Å². The molecule has 1 unspecified atom stereocenters. The van der Waals surface area contributed by atoms with Crippen LogP contribution < -0.4 is 0 Å². The quantitative estimate of drug-likeness (QED) is 0.0548. The molecule has 5 aromatic rings. The van der Waals surface area contributed by atoms with E-state index in [1.165, 1.54) is 16.7 Å². The van der Waals surface area contributed by atoms with Crippen LogP contribution in [-0.2, 0) is 23.1 Å². The van der Waals surface area contributed by atoms with E-state index < -0.39 is 10.0 Å². The third kappa shape index (κ3) is 7.38. The van der Waals surface area contributed by atoms with E-state index in [1.807, 2.05) is 54.6 Å². The highest BCUT2D eigenvalue weighted by Gasteiger charge is 2.28. The summed E-state index contributed by atoms with van der Waals surface area (Å²) in [5.41, 5.74) is 5.83. The maximum absolute atomic E-state index is 14.2. The van der Waals surface area contributed by atoms with Crippen LogP contribution in [0.2, 0.25) is 0 Å². The average Bonchev–Trinajstić information content (AvgIpc) is 3.01. The van der Waals surface area contributed by atoms with Crippen molar-refractivity contribution < 1.29 is 12.9 Å². The van der Waals surface area contributed by atoms with Crippen molar-refractivity contribution in [1.82, 2.24) is 4.31 Å². The Balaban J connectivity index is 1.38. The van der Waals surface area contributed by atoms with Gasteiger partial charge in [0, 0.05) is 18.7 Å². The first-order valence-electron chi connectivity index (χ1n) is 15.2. The number of benzene rings is 5. The van der Waals surface area contributed by atoms with Crippen molar-refractivity contribution in [3.8, 4) is 0 Å². The van der Waals surface area contributed by atoms with Crippen LogP contribution in [0, 0.1) is 13.8 Å². The van der Waals surface area contributed by atoms with Crippen LogP contribution in [-0.4, -0.2) is 42.3 Å². The maximum atomic E-state index is 14.2. The van der Waals surface area contributed by atoms with Crippen molar-refractivity contribution >= 4 is 47.5 Å². The molecule has 5 rings (SSSR count). The zero-order chi connectivity index (χ0) is 30.5. The lowest BCUT2D eigenvalue weighted by Gasteiger charge is -2.36. The van der Waals surface area contributed by atoms with Gasteiger partial charge in [-0.3, -0.25) is 0 Å². The molecule has 0 heterocycles. The molecule has 1 atom stereocenters. The molecule has 0 saturated heterocycles. The number of unbranched alkanes of at least 4 members (excludes halogenated alkanes) is 1. The Kier molecular flexibility index (Phi) is 10.0. The summed E-state index contributed by atoms with van der Waals surface area (Å²) in [7, 11) is -3.73. The van der Waals surface area contributed by atoms with E-state index >= 15 is 0 Å². The SMILES string of the molecule is CC[N+](CBr)(CCCCN(Cc1cccc2ccccc12)S(=O)(=O)c1ccc2ccccc2c1)Cc1cc(C)cc(C)c1. The number of quaternary nitrogens is 1. The molecule has 43 heavy (non-hydrogen) atoms. The Morgan fingerprint density at radius 2 is 1.42 bits per heavy atom. The van der Waals surface area contributed by atoms with Gasteiger partial charge in [0.1, 0.15) is 12.0 Å². The second-order valence-corrected chi connectivity index (χ2v) is 14.3. The Labute approximate surface area is 265 Å². The molecular formula is C37H42BrN2O2S+. The van der Waals surface area contributed by atoms with Gasteiger partial charge < -0.3 is 4.48 Å². The average molecular weight is 659 g/mol. The lowest BCUT2D eigenvalue weighted by molar-refractivity contribution is -0.926. The Morgan fingerprint density at radius 3 is 2.14 bits per heavy atom. The molecule has 0 aliphatic heterocycles. The first kappa shape index (κ1) is 31.4. The highest BCUT2D eigenvalue weighted by molar-refractivity contribution is 9.09. The van der Waals surface area contributed by atoms with Crippen molar-refractivity contribution in [2.45, 2.75) is 51.6 Å². The molecule has 0 amide bonds. The fourth-order valence-corrected chi connectivity index (χ4v) is 8.48. The number of halogens is 1. The van der Waals surface area contributed by atoms with Crippen LogP contribution in [0.25, 0.3) is 21.5 Å². The molecule has 0 radical (unpaired) electrons. The zero-order valence-corrected chi connectivity index (χ0v) is 27.9. The van der Waals surface area contributed by atoms with Crippen LogP contribution >= 0.6 is 15.9 Å². The summed E-state index contributed by atoms with van der Waals surface area (Å²) < 4.78 is 31.1. The first-order chi connectivity index (χ1) is 20.7. The molecule has 0 fully saturated rings. The van der Waals surface area contributed by atoms with Crippen LogP contribution in [0.3, 0.4) is 0 Å². The molecule has 0 aliphatic rings. The number of fused-ring (bicyclic) bond motifs is 2. The molecule has 6 heteroatoms. The van der Waals surface area contributed by atoms with Crippen molar-refractivity contribution in [2.75, 3.05) is 25.1 Å². The second-order valence-electron chi connectivity index (χ2n) is 11.8. The Morgan fingerprint density at radius 1 is 0.744 bits per heavy atom. The summed E-state index contributed by atoms with van der Waals surface area (Å²) in [6.07, 6.45) is 1.72. The number of nitrogens with zero attached hydrogens (tertiary/aromatic N) is 2. The summed E-state index contributed by atoms with van der Waals surface area (Å²) in [6, 6.07) is 34.6. The predicted molar refractivity (Wildman–Crippen MR) is 184 cm³/mol. The fraction of sp³-hybridized carbons (Fsp3) is 0.297. The third-order valence-corrected chi connectivity index (χ3v) is 11.5. The standard InChI is InChI=1S/C37H42BrN2O2S/c1-4-40(28-38,27-31-23-29(2)22-30(3)24-31)21-10-9-20-39(26-35-16-11-15-33-13-7-8-17-37(33)35)43(41,42)36-19-18-32-12-5-6-14-34(32)25-36/h5-8,11-19,22-25H,4,9-10,20-21,26-28H2,1-3H3/q+1. The van der Waals surface area contributed by atoms with Crippen LogP contribution in [0.1, 0.15) is 42.0 Å². The zero-order valence-electron chi connectivity index (χ0n) is 25.5. The minimum atomic E-state index is -3.73. The number of sulfonamides is 1. The monoisotopic (exact) mass is 657 g/mol. The molecule has 224 valence electrons. The van der Waals surface area contributed by atoms with Gasteiger partial charge in [0.25, 0.3) is 0 Å². The number of hydrogen-bond donors (Lipinski definition) is 0. The summed E-state index contributed by atoms with van der Waals surface area (Å²) in [6.45, 7) is 10.3. The van der Waals surface area contributed by atoms with Gasteiger partial charge in [-0.2, -0.15) is 4.31 Å². The van der Waals surface area contributed by atoms with E-state index in [9.17, 15) is 8.42 Å². The number of hydrogen-bond acceptors (Lipinski definition) is 2. The smallest absolute Gasteiger partial charge is 0.243 e. The Hall–Kier alpha value is -3.03. The van der Waals surface area contributed by atoms with Crippen LogP contribution in [0.5, 0.6) is 0 Å². The van der Waals surface area contributed by atoms with Gasteiger partial charge in [0.05, 0.1) is 18.0 Å². The minimum absolute atomic E-state index is 0.339. The van der Waals surface area contributed by atoms with Crippen molar-refractivity contribution in [3.63, 3.8) is 0 Å².